The van der Waals surface area contributed by atoms with E-state index in [0.717, 1.165) is 19.0 Å². The maximum atomic E-state index is 13.8. The van der Waals surface area contributed by atoms with Crippen LogP contribution in [0.15, 0.2) is 29.3 Å². The van der Waals surface area contributed by atoms with Gasteiger partial charge in [-0.2, -0.15) is 0 Å². The molecule has 5 heteroatoms. The topological polar surface area (TPSA) is 45.7 Å². The van der Waals surface area contributed by atoms with Crippen LogP contribution in [0.1, 0.15) is 37.7 Å². The minimum atomic E-state index is -0.180. The van der Waals surface area contributed by atoms with Gasteiger partial charge in [-0.25, -0.2) is 4.39 Å². The smallest absolute Gasteiger partial charge is 0.191 e. The highest BCUT2D eigenvalue weighted by Crippen LogP contribution is 2.60. The van der Waals surface area contributed by atoms with E-state index in [1.165, 1.54) is 31.7 Å². The van der Waals surface area contributed by atoms with Gasteiger partial charge in [0.25, 0.3) is 0 Å². The minimum Gasteiger partial charge on any atom is -0.377 e. The van der Waals surface area contributed by atoms with Crippen molar-refractivity contribution in [2.24, 2.45) is 16.3 Å². The summed E-state index contributed by atoms with van der Waals surface area (Å²) >= 11 is 0. The summed E-state index contributed by atoms with van der Waals surface area (Å²) in [6.07, 6.45) is 6.65. The molecule has 2 saturated carbocycles. The highest BCUT2D eigenvalue weighted by molar-refractivity contribution is 5.80. The molecule has 1 aromatic carbocycles. The number of nitrogens with zero attached hydrogens (tertiary/aromatic N) is 1. The lowest BCUT2D eigenvalue weighted by Crippen LogP contribution is -2.69. The van der Waals surface area contributed by atoms with Crippen molar-refractivity contribution >= 4 is 5.96 Å². The Morgan fingerprint density at radius 1 is 1.33 bits per heavy atom. The second kappa shape index (κ2) is 6.36. The zero-order valence-corrected chi connectivity index (χ0v) is 14.2. The predicted molar refractivity (Wildman–Crippen MR) is 92.3 cm³/mol. The van der Waals surface area contributed by atoms with Crippen molar-refractivity contribution in [1.29, 1.82) is 0 Å². The van der Waals surface area contributed by atoms with Gasteiger partial charge in [0.1, 0.15) is 5.82 Å². The van der Waals surface area contributed by atoms with E-state index in [9.17, 15) is 4.39 Å². The molecule has 0 aromatic heterocycles. The zero-order valence-electron chi connectivity index (χ0n) is 14.2. The van der Waals surface area contributed by atoms with Crippen molar-refractivity contribution in [3.05, 3.63) is 35.6 Å². The fourth-order valence-electron chi connectivity index (χ4n) is 5.07. The zero-order chi connectivity index (χ0) is 16.6. The van der Waals surface area contributed by atoms with Gasteiger partial charge in [-0.1, -0.05) is 31.0 Å². The van der Waals surface area contributed by atoms with E-state index >= 15 is 0 Å². The largest absolute Gasteiger partial charge is 0.377 e. The number of benzene rings is 1. The molecule has 3 fully saturated rings. The van der Waals surface area contributed by atoms with E-state index in [-0.39, 0.29) is 11.2 Å². The van der Waals surface area contributed by atoms with Gasteiger partial charge >= 0.3 is 0 Å². The normalized spacial score (nSPS) is 30.9. The Morgan fingerprint density at radius 3 is 2.88 bits per heavy atom. The number of nitrogens with one attached hydrogen (secondary N) is 2. The van der Waals surface area contributed by atoms with Crippen LogP contribution in [0, 0.1) is 17.2 Å². The van der Waals surface area contributed by atoms with Crippen molar-refractivity contribution in [3.63, 3.8) is 0 Å². The van der Waals surface area contributed by atoms with Crippen LogP contribution in [0.5, 0.6) is 0 Å². The van der Waals surface area contributed by atoms with Gasteiger partial charge in [0.15, 0.2) is 5.96 Å². The molecule has 0 radical (unpaired) electrons. The van der Waals surface area contributed by atoms with Crippen LogP contribution < -0.4 is 10.6 Å². The monoisotopic (exact) mass is 331 g/mol. The first-order valence-electron chi connectivity index (χ1n) is 9.07. The molecule has 2 N–H and O–H groups in total. The lowest BCUT2D eigenvalue weighted by molar-refractivity contribution is -0.125. The van der Waals surface area contributed by atoms with Gasteiger partial charge in [0, 0.05) is 43.1 Å². The van der Waals surface area contributed by atoms with E-state index < -0.39 is 0 Å². The molecule has 3 unspecified atom stereocenters. The van der Waals surface area contributed by atoms with E-state index in [4.69, 9.17) is 4.74 Å². The van der Waals surface area contributed by atoms with Gasteiger partial charge in [0.05, 0.1) is 6.10 Å². The molecule has 1 aliphatic heterocycles. The Bertz CT molecular complexity index is 627. The molecule has 0 bridgehead atoms. The Kier molecular flexibility index (Phi) is 4.21. The first-order valence-corrected chi connectivity index (χ1v) is 9.07. The maximum absolute atomic E-state index is 13.8. The lowest BCUT2D eigenvalue weighted by Gasteiger charge is -2.57. The van der Waals surface area contributed by atoms with Crippen molar-refractivity contribution in [2.75, 3.05) is 13.7 Å². The van der Waals surface area contributed by atoms with Crippen LogP contribution in [0.2, 0.25) is 0 Å². The minimum absolute atomic E-state index is 0.180. The van der Waals surface area contributed by atoms with Crippen LogP contribution in [0.4, 0.5) is 4.39 Å². The third kappa shape index (κ3) is 2.50. The summed E-state index contributed by atoms with van der Waals surface area (Å²) in [7, 11) is 1.78. The first kappa shape index (κ1) is 15.9. The summed E-state index contributed by atoms with van der Waals surface area (Å²) in [4.78, 5) is 4.35. The molecule has 130 valence electrons. The molecule has 2 aliphatic carbocycles. The van der Waals surface area contributed by atoms with Gasteiger partial charge in [-0.15, -0.1) is 0 Å². The Labute approximate surface area is 142 Å². The van der Waals surface area contributed by atoms with Crippen LogP contribution in [0.25, 0.3) is 0 Å². The average Bonchev–Trinajstić information content (AvgIpc) is 3.25. The van der Waals surface area contributed by atoms with E-state index in [1.807, 2.05) is 6.07 Å². The third-order valence-corrected chi connectivity index (χ3v) is 6.21. The molecule has 4 rings (SSSR count). The molecule has 4 nitrogen and oxygen atoms in total. The fourth-order valence-corrected chi connectivity index (χ4v) is 5.07. The molecule has 1 saturated heterocycles. The Hall–Kier alpha value is -1.62. The summed E-state index contributed by atoms with van der Waals surface area (Å²) in [6.45, 7) is 1.33. The average molecular weight is 331 g/mol. The SMILES string of the molecule is CN=C(NCc1ccccc1F)NC1C2CCOC2C12CCCC2. The molecule has 1 heterocycles. The molecule has 3 aliphatic rings. The van der Waals surface area contributed by atoms with Crippen LogP contribution in [-0.4, -0.2) is 31.8 Å². The molecular weight excluding hydrogens is 305 g/mol. The molecule has 1 spiro atoms. The van der Waals surface area contributed by atoms with Gasteiger partial charge in [-0.05, 0) is 25.3 Å². The fraction of sp³-hybridized carbons (Fsp3) is 0.632. The number of hydrogen-bond acceptors (Lipinski definition) is 2. The Balaban J connectivity index is 1.42. The number of guanidine groups is 1. The van der Waals surface area contributed by atoms with Gasteiger partial charge < -0.3 is 15.4 Å². The first-order chi connectivity index (χ1) is 11.7. The van der Waals surface area contributed by atoms with E-state index in [2.05, 4.69) is 15.6 Å². The van der Waals surface area contributed by atoms with Crippen LogP contribution in [-0.2, 0) is 11.3 Å². The number of fused-ring (bicyclic) bond motifs is 2. The summed E-state index contributed by atoms with van der Waals surface area (Å²) in [5.74, 6) is 1.18. The second-order valence-corrected chi connectivity index (χ2v) is 7.32. The molecular formula is C19H26FN3O. The van der Waals surface area contributed by atoms with Crippen molar-refractivity contribution in [2.45, 2.75) is 50.8 Å². The second-order valence-electron chi connectivity index (χ2n) is 7.32. The number of hydrogen-bond donors (Lipinski definition) is 2. The van der Waals surface area contributed by atoms with Crippen molar-refractivity contribution in [3.8, 4) is 0 Å². The maximum Gasteiger partial charge on any atom is 0.191 e. The molecule has 24 heavy (non-hydrogen) atoms. The molecule has 3 atom stereocenters. The number of rotatable bonds is 3. The van der Waals surface area contributed by atoms with E-state index in [0.29, 0.717) is 30.2 Å². The summed E-state index contributed by atoms with van der Waals surface area (Å²) in [5, 5.41) is 6.90. The van der Waals surface area contributed by atoms with Crippen molar-refractivity contribution < 1.29 is 9.13 Å². The predicted octanol–water partition coefficient (Wildman–Crippen LogP) is 2.84. The highest BCUT2D eigenvalue weighted by Gasteiger charge is 2.65. The molecule has 1 aromatic rings. The lowest BCUT2D eigenvalue weighted by atomic mass is 9.54. The quantitative estimate of drug-likeness (QED) is 0.661. The van der Waals surface area contributed by atoms with Gasteiger partial charge in [0.2, 0.25) is 0 Å². The summed E-state index contributed by atoms with van der Waals surface area (Å²) in [5.41, 5.74) is 0.947. The standard InChI is InChI=1S/C19H26FN3O/c1-21-18(22-12-13-6-2-3-7-15(13)20)23-16-14-8-11-24-17(14)19(16)9-4-5-10-19/h2-3,6-7,14,16-17H,4-5,8-12H2,1H3,(H2,21,22,23). The van der Waals surface area contributed by atoms with Gasteiger partial charge in [-0.3, -0.25) is 4.99 Å². The van der Waals surface area contributed by atoms with Crippen molar-refractivity contribution in [1.82, 2.24) is 10.6 Å². The van der Waals surface area contributed by atoms with Crippen LogP contribution >= 0.6 is 0 Å². The number of halogens is 1. The summed E-state index contributed by atoms with van der Waals surface area (Å²) in [6, 6.07) is 7.30. The van der Waals surface area contributed by atoms with Crippen LogP contribution in [0.3, 0.4) is 0 Å². The summed E-state index contributed by atoms with van der Waals surface area (Å²) < 4.78 is 19.8. The number of aliphatic imine (C=N–C) groups is 1. The molecule has 0 amide bonds. The Morgan fingerprint density at radius 2 is 2.12 bits per heavy atom. The van der Waals surface area contributed by atoms with E-state index in [1.54, 1.807) is 19.2 Å². The third-order valence-electron chi connectivity index (χ3n) is 6.21. The highest BCUT2D eigenvalue weighted by atomic mass is 19.1. The number of ether oxygens (including phenoxy) is 1.